The molecule has 1 aromatic carbocycles. The number of nitrogens with zero attached hydrogens (tertiary/aromatic N) is 2. The zero-order valence-corrected chi connectivity index (χ0v) is 20.0. The lowest BCUT2D eigenvalue weighted by molar-refractivity contribution is 0.0662. The molecule has 1 amide bonds. The summed E-state index contributed by atoms with van der Waals surface area (Å²) in [6.45, 7) is 2.76. The topological polar surface area (TPSA) is 113 Å². The second-order valence-electron chi connectivity index (χ2n) is 8.37. The zero-order valence-electron chi connectivity index (χ0n) is 18.4. The van der Waals surface area contributed by atoms with Crippen LogP contribution in [0.5, 0.6) is 0 Å². The molecule has 0 spiro atoms. The van der Waals surface area contributed by atoms with Crippen molar-refractivity contribution in [3.05, 3.63) is 46.3 Å². The first-order chi connectivity index (χ1) is 15.1. The van der Waals surface area contributed by atoms with Crippen molar-refractivity contribution in [1.29, 1.82) is 0 Å². The molecule has 2 aromatic rings. The molecule has 8 nitrogen and oxygen atoms in total. The van der Waals surface area contributed by atoms with Gasteiger partial charge < -0.3 is 14.4 Å². The third-order valence-electron chi connectivity index (χ3n) is 5.77. The van der Waals surface area contributed by atoms with Crippen molar-refractivity contribution in [2.45, 2.75) is 51.6 Å². The van der Waals surface area contributed by atoms with Crippen molar-refractivity contribution in [2.75, 3.05) is 24.2 Å². The number of amides is 1. The summed E-state index contributed by atoms with van der Waals surface area (Å²) in [7, 11) is -3.71. The van der Waals surface area contributed by atoms with Crippen LogP contribution < -0.4 is 9.62 Å². The molecule has 0 aliphatic heterocycles. The SMILES string of the molecule is Cc1oc(N(CCc2ccc(Cl)cc2)CC[C@H]2CCCC[C@@H]2O)nc1C(=O)NS(C)(=O)=O. The van der Waals surface area contributed by atoms with Crippen LogP contribution in [0.25, 0.3) is 0 Å². The molecular weight excluding hydrogens is 454 g/mol. The standard InChI is InChI=1S/C22H30ClN3O5S/c1-15-20(21(28)25-32(2,29)30)24-22(31-15)26(13-11-16-7-9-18(23)10-8-16)14-12-17-5-3-4-6-19(17)27/h7-10,17,19,27H,3-6,11-14H2,1-2H3,(H,25,28)/t17-,19+/m1/s1. The zero-order chi connectivity index (χ0) is 23.3. The lowest BCUT2D eigenvalue weighted by Crippen LogP contribution is -2.33. The van der Waals surface area contributed by atoms with Crippen molar-refractivity contribution >= 4 is 33.5 Å². The molecule has 0 saturated heterocycles. The number of aromatic nitrogens is 1. The Balaban J connectivity index is 1.76. The maximum absolute atomic E-state index is 12.3. The second kappa shape index (κ2) is 10.7. The highest BCUT2D eigenvalue weighted by molar-refractivity contribution is 7.89. The summed E-state index contributed by atoms with van der Waals surface area (Å²) < 4.78 is 30.5. The quantitative estimate of drug-likeness (QED) is 0.562. The maximum Gasteiger partial charge on any atom is 0.298 e. The first-order valence-corrected chi connectivity index (χ1v) is 13.1. The maximum atomic E-state index is 12.3. The monoisotopic (exact) mass is 483 g/mol. The van der Waals surface area contributed by atoms with Crippen LogP contribution in [-0.4, -0.2) is 49.9 Å². The van der Waals surface area contributed by atoms with Gasteiger partial charge in [0.1, 0.15) is 5.76 Å². The van der Waals surface area contributed by atoms with E-state index in [9.17, 15) is 18.3 Å². The average Bonchev–Trinajstić information content (AvgIpc) is 3.11. The molecule has 2 atom stereocenters. The minimum atomic E-state index is -3.71. The number of rotatable bonds is 9. The van der Waals surface area contributed by atoms with Gasteiger partial charge in [0.05, 0.1) is 12.4 Å². The first-order valence-electron chi connectivity index (χ1n) is 10.8. The lowest BCUT2D eigenvalue weighted by Gasteiger charge is -2.30. The molecule has 3 rings (SSSR count). The number of carbonyl (C=O) groups is 1. The Morgan fingerprint density at radius 3 is 2.59 bits per heavy atom. The van der Waals surface area contributed by atoms with Crippen LogP contribution in [0.1, 0.15) is 53.9 Å². The summed E-state index contributed by atoms with van der Waals surface area (Å²) >= 11 is 5.98. The number of hydrogen-bond donors (Lipinski definition) is 2. The van der Waals surface area contributed by atoms with E-state index in [1.54, 1.807) is 6.92 Å². The highest BCUT2D eigenvalue weighted by Gasteiger charge is 2.26. The van der Waals surface area contributed by atoms with Gasteiger partial charge in [-0.15, -0.1) is 0 Å². The summed E-state index contributed by atoms with van der Waals surface area (Å²) in [6.07, 6.45) is 6.06. The van der Waals surface area contributed by atoms with Crippen LogP contribution in [0.15, 0.2) is 28.7 Å². The van der Waals surface area contributed by atoms with Gasteiger partial charge in [-0.25, -0.2) is 13.1 Å². The number of benzene rings is 1. The predicted octanol–water partition coefficient (Wildman–Crippen LogP) is 3.32. The molecule has 1 fully saturated rings. The molecule has 0 bridgehead atoms. The molecule has 2 N–H and O–H groups in total. The molecule has 176 valence electrons. The number of aliphatic hydroxyl groups is 1. The Hall–Kier alpha value is -2.10. The van der Waals surface area contributed by atoms with E-state index in [-0.39, 0.29) is 29.5 Å². The Bertz CT molecular complexity index is 1020. The van der Waals surface area contributed by atoms with Crippen LogP contribution in [0.4, 0.5) is 6.01 Å². The van der Waals surface area contributed by atoms with E-state index < -0.39 is 15.9 Å². The van der Waals surface area contributed by atoms with Crippen molar-refractivity contribution in [1.82, 2.24) is 9.71 Å². The van der Waals surface area contributed by atoms with E-state index in [1.165, 1.54) is 0 Å². The lowest BCUT2D eigenvalue weighted by atomic mass is 9.84. The summed E-state index contributed by atoms with van der Waals surface area (Å²) in [6, 6.07) is 7.85. The third-order valence-corrected chi connectivity index (χ3v) is 6.58. The molecule has 0 radical (unpaired) electrons. The molecule has 32 heavy (non-hydrogen) atoms. The number of nitrogens with one attached hydrogen (secondary N) is 1. The van der Waals surface area contributed by atoms with Gasteiger partial charge in [-0.05, 0) is 56.2 Å². The van der Waals surface area contributed by atoms with Crippen LogP contribution in [0, 0.1) is 12.8 Å². The number of halogens is 1. The van der Waals surface area contributed by atoms with Crippen LogP contribution >= 0.6 is 11.6 Å². The van der Waals surface area contributed by atoms with Gasteiger partial charge in [0.15, 0.2) is 5.69 Å². The number of anilines is 1. The van der Waals surface area contributed by atoms with E-state index >= 15 is 0 Å². The summed E-state index contributed by atoms with van der Waals surface area (Å²) in [5, 5.41) is 11.0. The predicted molar refractivity (Wildman–Crippen MR) is 124 cm³/mol. The fourth-order valence-electron chi connectivity index (χ4n) is 4.01. The Labute approximate surface area is 194 Å². The van der Waals surface area contributed by atoms with Gasteiger partial charge in [0.2, 0.25) is 10.0 Å². The van der Waals surface area contributed by atoms with E-state index in [0.29, 0.717) is 24.5 Å². The van der Waals surface area contributed by atoms with E-state index in [2.05, 4.69) is 4.98 Å². The third kappa shape index (κ3) is 6.95. The van der Waals surface area contributed by atoms with Gasteiger partial charge >= 0.3 is 0 Å². The number of oxazole rings is 1. The molecule has 10 heteroatoms. The molecule has 1 aliphatic rings. The summed E-state index contributed by atoms with van der Waals surface area (Å²) in [5.74, 6) is -0.360. The fourth-order valence-corrected chi connectivity index (χ4v) is 4.57. The molecular formula is C22H30ClN3O5S. The van der Waals surface area contributed by atoms with Crippen LogP contribution in [0.3, 0.4) is 0 Å². The Morgan fingerprint density at radius 1 is 1.25 bits per heavy atom. The Morgan fingerprint density at radius 2 is 1.94 bits per heavy atom. The van der Waals surface area contributed by atoms with Crippen molar-refractivity contribution in [3.63, 3.8) is 0 Å². The van der Waals surface area contributed by atoms with Crippen molar-refractivity contribution in [2.24, 2.45) is 5.92 Å². The molecule has 1 aromatic heterocycles. The van der Waals surface area contributed by atoms with E-state index in [0.717, 1.165) is 43.9 Å². The van der Waals surface area contributed by atoms with Crippen LogP contribution in [-0.2, 0) is 16.4 Å². The smallest absolute Gasteiger partial charge is 0.298 e. The molecule has 1 saturated carbocycles. The summed E-state index contributed by atoms with van der Waals surface area (Å²) in [5.41, 5.74) is 1.04. The first kappa shape index (κ1) is 24.5. The largest absolute Gasteiger partial charge is 0.428 e. The number of hydrogen-bond acceptors (Lipinski definition) is 7. The number of aryl methyl sites for hydroxylation is 1. The van der Waals surface area contributed by atoms with Crippen LogP contribution in [0.2, 0.25) is 5.02 Å². The minimum Gasteiger partial charge on any atom is -0.428 e. The average molecular weight is 484 g/mol. The number of sulfonamides is 1. The van der Waals surface area contributed by atoms with Crippen molar-refractivity contribution in [3.8, 4) is 0 Å². The van der Waals surface area contributed by atoms with Gasteiger partial charge in [0.25, 0.3) is 11.9 Å². The number of carbonyl (C=O) groups excluding carboxylic acids is 1. The van der Waals surface area contributed by atoms with Gasteiger partial charge in [-0.1, -0.05) is 36.6 Å². The number of aliphatic hydroxyl groups excluding tert-OH is 1. The molecule has 1 heterocycles. The van der Waals surface area contributed by atoms with Gasteiger partial charge in [0, 0.05) is 18.1 Å². The molecule has 1 aliphatic carbocycles. The van der Waals surface area contributed by atoms with Crippen molar-refractivity contribution < 1.29 is 22.7 Å². The minimum absolute atomic E-state index is 0.0559. The normalized spacial score (nSPS) is 19.0. The van der Waals surface area contributed by atoms with Gasteiger partial charge in [-0.3, -0.25) is 4.79 Å². The Kier molecular flexibility index (Phi) is 8.19. The summed E-state index contributed by atoms with van der Waals surface area (Å²) in [4.78, 5) is 18.5. The highest BCUT2D eigenvalue weighted by Crippen LogP contribution is 2.28. The van der Waals surface area contributed by atoms with E-state index in [4.69, 9.17) is 16.0 Å². The van der Waals surface area contributed by atoms with Gasteiger partial charge in [-0.2, -0.15) is 4.98 Å². The fraction of sp³-hybridized carbons (Fsp3) is 0.545. The molecule has 0 unspecified atom stereocenters. The highest BCUT2D eigenvalue weighted by atomic mass is 35.5. The van der Waals surface area contributed by atoms with E-state index in [1.807, 2.05) is 33.9 Å². The second-order valence-corrected chi connectivity index (χ2v) is 10.6.